The average molecular weight is 206 g/mol. The van der Waals surface area contributed by atoms with Crippen molar-refractivity contribution in [1.29, 1.82) is 0 Å². The van der Waals surface area contributed by atoms with Crippen molar-refractivity contribution in [2.24, 2.45) is 11.0 Å². The monoisotopic (exact) mass is 206 g/mol. The number of amides is 1. The molecular weight excluding hydrogens is 192 g/mol. The van der Waals surface area contributed by atoms with Gasteiger partial charge in [-0.2, -0.15) is 0 Å². The molecule has 0 aromatic rings. The number of azide groups is 1. The lowest BCUT2D eigenvalue weighted by molar-refractivity contribution is -0.140. The van der Waals surface area contributed by atoms with Crippen LogP contribution in [-0.4, -0.2) is 29.9 Å². The molecule has 0 bridgehead atoms. The summed E-state index contributed by atoms with van der Waals surface area (Å²) < 4.78 is 0. The molecule has 0 unspecified atom stereocenters. The largest absolute Gasteiger partial charge is 0.341 e. The van der Waals surface area contributed by atoms with Gasteiger partial charge in [-0.05, 0) is 24.8 Å². The Hall–Kier alpha value is -1.48. The maximum Gasteiger partial charge on any atom is 0.226 e. The third kappa shape index (κ3) is 2.13. The van der Waals surface area contributed by atoms with Gasteiger partial charge in [-0.1, -0.05) is 17.3 Å². The standard InChI is InChI=1S/C10H14N4O/c11-13-12-9-6-14(7-9)10(15)8-4-2-1-3-5-8/h1-2,8-9H,3-7H2/t8-/m1/s1. The Morgan fingerprint density at radius 3 is 2.87 bits per heavy atom. The van der Waals surface area contributed by atoms with Gasteiger partial charge < -0.3 is 4.90 Å². The van der Waals surface area contributed by atoms with Crippen LogP contribution in [-0.2, 0) is 4.79 Å². The van der Waals surface area contributed by atoms with Crippen molar-refractivity contribution in [2.75, 3.05) is 13.1 Å². The third-order valence-electron chi connectivity index (χ3n) is 3.01. The van der Waals surface area contributed by atoms with E-state index >= 15 is 0 Å². The van der Waals surface area contributed by atoms with Crippen molar-refractivity contribution in [3.63, 3.8) is 0 Å². The fourth-order valence-electron chi connectivity index (χ4n) is 2.06. The van der Waals surface area contributed by atoms with E-state index in [2.05, 4.69) is 22.2 Å². The van der Waals surface area contributed by atoms with Crippen LogP contribution in [0.4, 0.5) is 0 Å². The first-order chi connectivity index (χ1) is 7.31. The van der Waals surface area contributed by atoms with Crippen LogP contribution in [0.3, 0.4) is 0 Å². The Morgan fingerprint density at radius 1 is 1.47 bits per heavy atom. The summed E-state index contributed by atoms with van der Waals surface area (Å²) >= 11 is 0. The first kappa shape index (κ1) is 10.1. The van der Waals surface area contributed by atoms with Crippen LogP contribution in [0.1, 0.15) is 19.3 Å². The quantitative estimate of drug-likeness (QED) is 0.294. The molecule has 1 atom stereocenters. The molecule has 2 rings (SSSR count). The van der Waals surface area contributed by atoms with E-state index < -0.39 is 0 Å². The predicted molar refractivity (Wildman–Crippen MR) is 56.0 cm³/mol. The molecule has 15 heavy (non-hydrogen) atoms. The number of carbonyl (C=O) groups excluding carboxylic acids is 1. The van der Waals surface area contributed by atoms with Gasteiger partial charge in [0.15, 0.2) is 0 Å². The van der Waals surface area contributed by atoms with Crippen LogP contribution >= 0.6 is 0 Å². The van der Waals surface area contributed by atoms with E-state index in [-0.39, 0.29) is 17.9 Å². The second-order valence-electron chi connectivity index (χ2n) is 4.08. The minimum Gasteiger partial charge on any atom is -0.341 e. The Labute approximate surface area is 88.4 Å². The normalized spacial score (nSPS) is 25.6. The van der Waals surface area contributed by atoms with Crippen molar-refractivity contribution in [2.45, 2.75) is 25.3 Å². The molecule has 5 heteroatoms. The van der Waals surface area contributed by atoms with E-state index in [1.165, 1.54) is 0 Å². The van der Waals surface area contributed by atoms with Crippen LogP contribution in [0.5, 0.6) is 0 Å². The van der Waals surface area contributed by atoms with Crippen LogP contribution in [0, 0.1) is 5.92 Å². The lowest BCUT2D eigenvalue weighted by Crippen LogP contribution is -2.54. The van der Waals surface area contributed by atoms with E-state index in [4.69, 9.17) is 5.53 Å². The Bertz CT molecular complexity index is 326. The highest BCUT2D eigenvalue weighted by Crippen LogP contribution is 2.23. The van der Waals surface area contributed by atoms with Crippen molar-refractivity contribution >= 4 is 5.91 Å². The van der Waals surface area contributed by atoms with E-state index in [0.717, 1.165) is 19.3 Å². The summed E-state index contributed by atoms with van der Waals surface area (Å²) in [6, 6.07) is -0.00178. The van der Waals surface area contributed by atoms with Gasteiger partial charge in [0.1, 0.15) is 0 Å². The number of hydrogen-bond donors (Lipinski definition) is 0. The summed E-state index contributed by atoms with van der Waals surface area (Å²) in [6.07, 6.45) is 7.03. The molecule has 1 aliphatic carbocycles. The second kappa shape index (κ2) is 4.36. The predicted octanol–water partition coefficient (Wildman–Crippen LogP) is 1.86. The number of allylic oxidation sites excluding steroid dienone is 2. The second-order valence-corrected chi connectivity index (χ2v) is 4.08. The molecule has 0 N–H and O–H groups in total. The maximum atomic E-state index is 11.9. The number of carbonyl (C=O) groups is 1. The highest BCUT2D eigenvalue weighted by atomic mass is 16.2. The Balaban J connectivity index is 1.83. The SMILES string of the molecule is [N-]=[N+]=NC1CN(C(=O)[C@@H]2CC=CCC2)C1. The zero-order valence-corrected chi connectivity index (χ0v) is 8.54. The Kier molecular flexibility index (Phi) is 2.92. The molecule has 1 amide bonds. The van der Waals surface area contributed by atoms with Gasteiger partial charge in [0.25, 0.3) is 0 Å². The first-order valence-corrected chi connectivity index (χ1v) is 5.29. The summed E-state index contributed by atoms with van der Waals surface area (Å²) in [5.74, 6) is 0.380. The smallest absolute Gasteiger partial charge is 0.226 e. The zero-order valence-electron chi connectivity index (χ0n) is 8.54. The van der Waals surface area contributed by atoms with Crippen LogP contribution < -0.4 is 0 Å². The van der Waals surface area contributed by atoms with Crippen molar-refractivity contribution < 1.29 is 4.79 Å². The molecule has 2 aliphatic rings. The van der Waals surface area contributed by atoms with Gasteiger partial charge in [-0.15, -0.1) is 0 Å². The van der Waals surface area contributed by atoms with E-state index in [1.807, 2.05) is 0 Å². The van der Waals surface area contributed by atoms with Crippen molar-refractivity contribution in [3.8, 4) is 0 Å². The van der Waals surface area contributed by atoms with Gasteiger partial charge in [-0.25, -0.2) is 0 Å². The van der Waals surface area contributed by atoms with E-state index in [0.29, 0.717) is 13.1 Å². The highest BCUT2D eigenvalue weighted by molar-refractivity contribution is 5.80. The molecule has 0 radical (unpaired) electrons. The number of nitrogens with zero attached hydrogens (tertiary/aromatic N) is 4. The van der Waals surface area contributed by atoms with Crippen molar-refractivity contribution in [1.82, 2.24) is 4.90 Å². The van der Waals surface area contributed by atoms with Crippen molar-refractivity contribution in [3.05, 3.63) is 22.6 Å². The fourth-order valence-corrected chi connectivity index (χ4v) is 2.06. The molecule has 80 valence electrons. The summed E-state index contributed by atoms with van der Waals surface area (Å²) in [4.78, 5) is 16.4. The molecule has 0 saturated carbocycles. The van der Waals surface area contributed by atoms with Gasteiger partial charge in [0.2, 0.25) is 5.91 Å². The van der Waals surface area contributed by atoms with Gasteiger partial charge in [0, 0.05) is 23.9 Å². The molecule has 1 heterocycles. The average Bonchev–Trinajstić information content (AvgIpc) is 2.23. The van der Waals surface area contributed by atoms with Gasteiger partial charge in [-0.3, -0.25) is 4.79 Å². The maximum absolute atomic E-state index is 11.9. The van der Waals surface area contributed by atoms with E-state index in [9.17, 15) is 4.79 Å². The first-order valence-electron chi connectivity index (χ1n) is 5.29. The number of rotatable bonds is 2. The summed E-state index contributed by atoms with van der Waals surface area (Å²) in [6.45, 7) is 1.20. The topological polar surface area (TPSA) is 69.1 Å². The van der Waals surface area contributed by atoms with Gasteiger partial charge in [0.05, 0.1) is 6.04 Å². The van der Waals surface area contributed by atoms with Crippen LogP contribution in [0.15, 0.2) is 17.3 Å². The van der Waals surface area contributed by atoms with E-state index in [1.54, 1.807) is 4.90 Å². The minimum atomic E-state index is -0.00178. The zero-order chi connectivity index (χ0) is 10.7. The third-order valence-corrected chi connectivity index (χ3v) is 3.01. The van der Waals surface area contributed by atoms with Crippen LogP contribution in [0.25, 0.3) is 10.4 Å². The molecular formula is C10H14N4O. The molecule has 0 spiro atoms. The summed E-state index contributed by atoms with van der Waals surface area (Å²) in [5.41, 5.74) is 8.22. The molecule has 1 fully saturated rings. The fraction of sp³-hybridized carbons (Fsp3) is 0.700. The lowest BCUT2D eigenvalue weighted by atomic mass is 9.91. The summed E-state index contributed by atoms with van der Waals surface area (Å²) in [7, 11) is 0. The lowest BCUT2D eigenvalue weighted by Gasteiger charge is -2.39. The number of likely N-dealkylation sites (tertiary alicyclic amines) is 1. The minimum absolute atomic E-state index is 0.00178. The Morgan fingerprint density at radius 2 is 2.27 bits per heavy atom. The molecule has 0 aromatic carbocycles. The summed E-state index contributed by atoms with van der Waals surface area (Å²) in [5, 5.41) is 3.58. The molecule has 1 aliphatic heterocycles. The van der Waals surface area contributed by atoms with Gasteiger partial charge >= 0.3 is 0 Å². The van der Waals surface area contributed by atoms with Crippen LogP contribution in [0.2, 0.25) is 0 Å². The highest BCUT2D eigenvalue weighted by Gasteiger charge is 2.33. The molecule has 5 nitrogen and oxygen atoms in total. The molecule has 0 aromatic heterocycles. The molecule has 1 saturated heterocycles. The number of hydrogen-bond acceptors (Lipinski definition) is 2.